The van der Waals surface area contributed by atoms with E-state index in [9.17, 15) is 4.39 Å². The van der Waals surface area contributed by atoms with Crippen LogP contribution in [0.15, 0.2) is 24.3 Å². The van der Waals surface area contributed by atoms with Crippen LogP contribution in [0.3, 0.4) is 0 Å². The van der Waals surface area contributed by atoms with Crippen LogP contribution in [0.4, 0.5) is 4.39 Å². The largest absolute Gasteiger partial charge is 0.207 e. The van der Waals surface area contributed by atoms with E-state index >= 15 is 0 Å². The molecule has 0 N–H and O–H groups in total. The van der Waals surface area contributed by atoms with Gasteiger partial charge in [-0.1, -0.05) is 18.2 Å². The lowest BCUT2D eigenvalue weighted by Crippen LogP contribution is -1.87. The molecule has 0 aromatic heterocycles. The lowest BCUT2D eigenvalue weighted by atomic mass is 10.1. The maximum Gasteiger partial charge on any atom is 0.126 e. The SMILES string of the molecule is [CH]CCc1ccccc1F. The normalized spacial score (nSPS) is 9.80. The van der Waals surface area contributed by atoms with Crippen LogP contribution in [0.1, 0.15) is 12.0 Å². The van der Waals surface area contributed by atoms with Gasteiger partial charge >= 0.3 is 0 Å². The minimum Gasteiger partial charge on any atom is -0.207 e. The smallest absolute Gasteiger partial charge is 0.126 e. The Kier molecular flexibility index (Phi) is 2.43. The molecule has 0 amide bonds. The van der Waals surface area contributed by atoms with Crippen molar-refractivity contribution in [3.63, 3.8) is 0 Å². The molecule has 0 unspecified atom stereocenters. The Balaban J connectivity index is 2.81. The fourth-order valence-corrected chi connectivity index (χ4v) is 0.857. The zero-order valence-electron chi connectivity index (χ0n) is 5.68. The number of halogens is 1. The molecule has 0 fully saturated rings. The van der Waals surface area contributed by atoms with Gasteiger partial charge in [-0.2, -0.15) is 0 Å². The van der Waals surface area contributed by atoms with Gasteiger partial charge in [-0.3, -0.25) is 0 Å². The molecule has 0 aliphatic carbocycles. The van der Waals surface area contributed by atoms with Crippen LogP contribution >= 0.6 is 0 Å². The van der Waals surface area contributed by atoms with Crippen LogP contribution in [0, 0.1) is 12.7 Å². The minimum absolute atomic E-state index is 0.159. The topological polar surface area (TPSA) is 0 Å². The second-order valence-electron chi connectivity index (χ2n) is 2.13. The van der Waals surface area contributed by atoms with Gasteiger partial charge in [-0.05, 0) is 31.4 Å². The van der Waals surface area contributed by atoms with Crippen molar-refractivity contribution in [1.29, 1.82) is 0 Å². The van der Waals surface area contributed by atoms with Gasteiger partial charge in [0.2, 0.25) is 0 Å². The molecule has 1 aromatic carbocycles. The third kappa shape index (κ3) is 1.56. The summed E-state index contributed by atoms with van der Waals surface area (Å²) < 4.78 is 12.7. The number of rotatable bonds is 2. The predicted octanol–water partition coefficient (Wildman–Crippen LogP) is 2.47. The fraction of sp³-hybridized carbons (Fsp3) is 0.222. The highest BCUT2D eigenvalue weighted by Gasteiger charge is 1.96. The molecule has 1 heteroatoms. The average molecular weight is 136 g/mol. The van der Waals surface area contributed by atoms with Gasteiger partial charge in [-0.15, -0.1) is 0 Å². The van der Waals surface area contributed by atoms with Gasteiger partial charge in [0.05, 0.1) is 0 Å². The molecule has 0 heterocycles. The van der Waals surface area contributed by atoms with Crippen LogP contribution in [0.25, 0.3) is 0 Å². The molecule has 0 bridgehead atoms. The third-order valence-electron chi connectivity index (χ3n) is 1.37. The summed E-state index contributed by atoms with van der Waals surface area (Å²) in [7, 11) is 0. The zero-order chi connectivity index (χ0) is 7.40. The Morgan fingerprint density at radius 3 is 2.60 bits per heavy atom. The quantitative estimate of drug-likeness (QED) is 0.585. The molecule has 1 aromatic rings. The van der Waals surface area contributed by atoms with Crippen molar-refractivity contribution < 1.29 is 4.39 Å². The van der Waals surface area contributed by atoms with Gasteiger partial charge in [0, 0.05) is 0 Å². The Bertz CT molecular complexity index is 206. The molecule has 10 heavy (non-hydrogen) atoms. The Hall–Kier alpha value is -0.850. The molecule has 52 valence electrons. The lowest BCUT2D eigenvalue weighted by molar-refractivity contribution is 0.609. The molecule has 1 rings (SSSR count). The van der Waals surface area contributed by atoms with E-state index in [-0.39, 0.29) is 5.82 Å². The first kappa shape index (κ1) is 7.26. The average Bonchev–Trinajstić information content (AvgIpc) is 1.94. The fourth-order valence-electron chi connectivity index (χ4n) is 0.857. The first-order chi connectivity index (χ1) is 4.84. The predicted molar refractivity (Wildman–Crippen MR) is 39.0 cm³/mol. The van der Waals surface area contributed by atoms with Crippen molar-refractivity contribution in [2.24, 2.45) is 0 Å². The van der Waals surface area contributed by atoms with Crippen molar-refractivity contribution in [1.82, 2.24) is 0 Å². The highest BCUT2D eigenvalue weighted by atomic mass is 19.1. The van der Waals surface area contributed by atoms with Gasteiger partial charge in [-0.25, -0.2) is 4.39 Å². The van der Waals surface area contributed by atoms with E-state index in [2.05, 4.69) is 0 Å². The molecular formula is C9H9F. The standard InChI is InChI=1S/C9H9F/c1-2-5-8-6-3-4-7-9(8)10/h1,3-4,6-7H,2,5H2. The summed E-state index contributed by atoms with van der Waals surface area (Å²) in [6, 6.07) is 6.69. The molecule has 0 aliphatic heterocycles. The first-order valence-corrected chi connectivity index (χ1v) is 3.28. The van der Waals surface area contributed by atoms with Crippen molar-refractivity contribution in [2.45, 2.75) is 12.8 Å². The maximum absolute atomic E-state index is 12.7. The zero-order valence-corrected chi connectivity index (χ0v) is 5.68. The van der Waals surface area contributed by atoms with Crippen molar-refractivity contribution in [3.8, 4) is 0 Å². The first-order valence-electron chi connectivity index (χ1n) is 3.28. The van der Waals surface area contributed by atoms with Gasteiger partial charge < -0.3 is 0 Å². The van der Waals surface area contributed by atoms with Crippen LogP contribution < -0.4 is 0 Å². The number of hydrogen-bond acceptors (Lipinski definition) is 0. The molecule has 2 radical (unpaired) electrons. The lowest BCUT2D eigenvalue weighted by Gasteiger charge is -1.97. The molecule has 0 aliphatic rings. The van der Waals surface area contributed by atoms with E-state index in [0.29, 0.717) is 18.4 Å². The highest BCUT2D eigenvalue weighted by molar-refractivity contribution is 5.17. The van der Waals surface area contributed by atoms with E-state index in [1.54, 1.807) is 12.1 Å². The molecular weight excluding hydrogens is 127 g/mol. The summed E-state index contributed by atoms with van der Waals surface area (Å²) in [4.78, 5) is 0. The summed E-state index contributed by atoms with van der Waals surface area (Å²) >= 11 is 0. The van der Waals surface area contributed by atoms with Gasteiger partial charge in [0.15, 0.2) is 0 Å². The van der Waals surface area contributed by atoms with E-state index in [1.165, 1.54) is 6.07 Å². The van der Waals surface area contributed by atoms with Gasteiger partial charge in [0.1, 0.15) is 5.82 Å². The number of benzene rings is 1. The van der Waals surface area contributed by atoms with Crippen LogP contribution in [-0.4, -0.2) is 0 Å². The second kappa shape index (κ2) is 3.35. The Labute approximate surface area is 60.7 Å². The Morgan fingerprint density at radius 2 is 2.00 bits per heavy atom. The summed E-state index contributed by atoms with van der Waals surface area (Å²) in [6.45, 7) is 5.26. The number of hydrogen-bond donors (Lipinski definition) is 0. The van der Waals surface area contributed by atoms with E-state index < -0.39 is 0 Å². The molecule has 0 nitrogen and oxygen atoms in total. The van der Waals surface area contributed by atoms with Crippen LogP contribution in [-0.2, 0) is 6.42 Å². The molecule has 0 atom stereocenters. The summed E-state index contributed by atoms with van der Waals surface area (Å²) in [6.07, 6.45) is 1.12. The van der Waals surface area contributed by atoms with Gasteiger partial charge in [0.25, 0.3) is 0 Å². The second-order valence-corrected chi connectivity index (χ2v) is 2.13. The summed E-state index contributed by atoms with van der Waals surface area (Å²) in [5.41, 5.74) is 0.699. The van der Waals surface area contributed by atoms with Crippen LogP contribution in [0.2, 0.25) is 0 Å². The van der Waals surface area contributed by atoms with Crippen molar-refractivity contribution >= 4 is 0 Å². The van der Waals surface area contributed by atoms with Crippen molar-refractivity contribution in [3.05, 3.63) is 42.6 Å². The monoisotopic (exact) mass is 136 g/mol. The molecule has 0 saturated carbocycles. The third-order valence-corrected chi connectivity index (χ3v) is 1.37. The van der Waals surface area contributed by atoms with E-state index in [1.807, 2.05) is 6.07 Å². The number of aryl methyl sites for hydroxylation is 1. The maximum atomic E-state index is 12.7. The highest BCUT2D eigenvalue weighted by Crippen LogP contribution is 2.07. The summed E-state index contributed by atoms with van der Waals surface area (Å²) in [5, 5.41) is 0. The van der Waals surface area contributed by atoms with E-state index in [4.69, 9.17) is 6.92 Å². The molecule has 0 saturated heterocycles. The summed E-state index contributed by atoms with van der Waals surface area (Å²) in [5.74, 6) is -0.159. The van der Waals surface area contributed by atoms with E-state index in [0.717, 1.165) is 0 Å². The van der Waals surface area contributed by atoms with Crippen LogP contribution in [0.5, 0.6) is 0 Å². The van der Waals surface area contributed by atoms with Crippen molar-refractivity contribution in [2.75, 3.05) is 0 Å². The minimum atomic E-state index is -0.159. The Morgan fingerprint density at radius 1 is 1.30 bits per heavy atom. The molecule has 0 spiro atoms.